The summed E-state index contributed by atoms with van der Waals surface area (Å²) in [6, 6.07) is 8.37. The number of hydrogen-bond acceptors (Lipinski definition) is 10. The molecule has 1 amide bonds. The van der Waals surface area contributed by atoms with Crippen LogP contribution in [0, 0.1) is 17.6 Å². The number of thiazole rings is 1. The summed E-state index contributed by atoms with van der Waals surface area (Å²) >= 11 is 1.35. The third-order valence-corrected chi connectivity index (χ3v) is 12.6. The number of aryl methyl sites for hydroxylation is 1. The second-order valence-corrected chi connectivity index (χ2v) is 18.3. The largest absolute Gasteiger partial charge is 0.435 e. The second-order valence-electron chi connectivity index (χ2n) is 15.5. The smallest absolute Gasteiger partial charge is 0.346 e. The summed E-state index contributed by atoms with van der Waals surface area (Å²) in [5.41, 5.74) is -1.40. The van der Waals surface area contributed by atoms with Crippen molar-refractivity contribution >= 4 is 59.5 Å². The number of benzene rings is 2. The number of para-hydroxylation sites is 1. The number of halogens is 7. The van der Waals surface area contributed by atoms with E-state index in [1.165, 1.54) is 16.0 Å². The number of piperazine rings is 1. The van der Waals surface area contributed by atoms with Crippen LogP contribution < -0.4 is 20.3 Å². The predicted octanol–water partition coefficient (Wildman–Crippen LogP) is 6.22. The zero-order chi connectivity index (χ0) is 42.6. The molecule has 4 atom stereocenters. The van der Waals surface area contributed by atoms with Crippen LogP contribution >= 0.6 is 11.3 Å². The van der Waals surface area contributed by atoms with Crippen molar-refractivity contribution in [1.82, 2.24) is 40.2 Å². The molecule has 1 aliphatic heterocycles. The molecule has 3 N–H and O–H groups in total. The average Bonchev–Trinajstić information content (AvgIpc) is 3.41. The van der Waals surface area contributed by atoms with Gasteiger partial charge in [0, 0.05) is 66.8 Å². The molecule has 2 aliphatic carbocycles. The summed E-state index contributed by atoms with van der Waals surface area (Å²) < 4.78 is 132. The summed E-state index contributed by atoms with van der Waals surface area (Å²) in [6.45, 7) is 2.97. The lowest BCUT2D eigenvalue weighted by Crippen LogP contribution is -2.49. The van der Waals surface area contributed by atoms with Gasteiger partial charge in [0.1, 0.15) is 23.9 Å². The first-order valence-corrected chi connectivity index (χ1v) is 21.5. The average molecular weight is 877 g/mol. The quantitative estimate of drug-likeness (QED) is 0.136. The first-order valence-electron chi connectivity index (χ1n) is 18.8. The van der Waals surface area contributed by atoms with Crippen LogP contribution in [-0.2, 0) is 46.9 Å². The number of carbonyl (C=O) groups excluding carboxylic acids is 1. The lowest BCUT2D eigenvalue weighted by Gasteiger charge is -2.31. The van der Waals surface area contributed by atoms with Crippen LogP contribution in [0.5, 0.6) is 0 Å². The van der Waals surface area contributed by atoms with Gasteiger partial charge >= 0.3 is 6.18 Å². The number of nitrogens with zero attached hydrogens (tertiary/aromatic N) is 7. The lowest BCUT2D eigenvalue weighted by atomic mass is 9.94. The minimum Gasteiger partial charge on any atom is -0.346 e. The highest BCUT2D eigenvalue weighted by Gasteiger charge is 2.68. The fourth-order valence-corrected chi connectivity index (χ4v) is 10.0. The van der Waals surface area contributed by atoms with Crippen LogP contribution in [-0.4, -0.2) is 75.8 Å². The molecule has 0 radical (unpaired) electrons. The number of hydrogen-bond donors (Lipinski definition) is 3. The number of alkyl halides is 5. The van der Waals surface area contributed by atoms with Gasteiger partial charge in [-0.25, -0.2) is 22.2 Å². The van der Waals surface area contributed by atoms with Crippen LogP contribution in [0.4, 0.5) is 41.7 Å². The Labute approximate surface area is 341 Å². The second kappa shape index (κ2) is 14.1. The van der Waals surface area contributed by atoms with Gasteiger partial charge in [-0.3, -0.25) is 18.9 Å². The Morgan fingerprint density at radius 1 is 1.08 bits per heavy atom. The molecule has 6 aromatic rings. The van der Waals surface area contributed by atoms with Gasteiger partial charge in [-0.2, -0.15) is 37.1 Å². The highest BCUT2D eigenvalue weighted by molar-refractivity contribution is 7.92. The summed E-state index contributed by atoms with van der Waals surface area (Å²) in [7, 11) is -2.18. The van der Waals surface area contributed by atoms with Crippen LogP contribution in [0.25, 0.3) is 32.4 Å². The van der Waals surface area contributed by atoms with Gasteiger partial charge in [0.25, 0.3) is 5.92 Å². The molecule has 0 bridgehead atoms. The highest BCUT2D eigenvalue weighted by atomic mass is 32.2. The molecule has 1 saturated heterocycles. The van der Waals surface area contributed by atoms with E-state index < -0.39 is 81.0 Å². The molecule has 3 aliphatic rings. The summed E-state index contributed by atoms with van der Waals surface area (Å²) in [4.78, 5) is 25.9. The third-order valence-electron chi connectivity index (χ3n) is 11.0. The Morgan fingerprint density at radius 2 is 1.83 bits per heavy atom. The standard InChI is InChI=1S/C38H35F7N10O3S2/c1-17-15-54(8-7-46-17)36-49-35-27(59-36)14-23(21-5-4-6-22-31(21)53(2)51-34(22)52-60(3,57)58)30(48-35)26(11-18-9-19(39)12-20(40)10-18)47-28(56)16-55-33-29(32(50-55)38(43,44)45)24-13-25(24)37(33,41)42/h4-6,9-10,12,14,17,24-26,46H,7-8,11,13,15-16H2,1-3H3,(H,47,56)(H,51,52)/t17-,24-,25+,26-/m0/s1. The number of pyridine rings is 1. The van der Waals surface area contributed by atoms with E-state index in [1.807, 2.05) is 6.92 Å². The van der Waals surface area contributed by atoms with E-state index in [0.29, 0.717) is 62.2 Å². The molecule has 5 heterocycles. The van der Waals surface area contributed by atoms with Crippen molar-refractivity contribution in [2.45, 2.75) is 56.4 Å². The van der Waals surface area contributed by atoms with Crippen molar-refractivity contribution in [1.29, 1.82) is 0 Å². The first kappa shape index (κ1) is 40.1. The van der Waals surface area contributed by atoms with Crippen molar-refractivity contribution in [2.24, 2.45) is 13.0 Å². The first-order chi connectivity index (χ1) is 28.2. The van der Waals surface area contributed by atoms with Crippen molar-refractivity contribution < 1.29 is 43.9 Å². The maximum absolute atomic E-state index is 15.5. The molecule has 9 rings (SSSR count). The van der Waals surface area contributed by atoms with E-state index in [0.717, 1.165) is 18.4 Å². The fraction of sp³-hybridized carbons (Fsp3) is 0.395. The molecular weight excluding hydrogens is 842 g/mol. The number of sulfonamides is 1. The summed E-state index contributed by atoms with van der Waals surface area (Å²) in [6.07, 6.45) is -4.55. The summed E-state index contributed by atoms with van der Waals surface area (Å²) in [5, 5.41) is 15.0. The number of rotatable bonds is 10. The number of aromatic nitrogens is 6. The van der Waals surface area contributed by atoms with Gasteiger partial charge in [-0.1, -0.05) is 23.5 Å². The Morgan fingerprint density at radius 3 is 2.53 bits per heavy atom. The predicted molar refractivity (Wildman–Crippen MR) is 208 cm³/mol. The monoisotopic (exact) mass is 876 g/mol. The van der Waals surface area contributed by atoms with E-state index in [-0.39, 0.29) is 41.6 Å². The van der Waals surface area contributed by atoms with Crippen molar-refractivity contribution in [3.8, 4) is 11.1 Å². The number of fused-ring (bicyclic) bond motifs is 5. The van der Waals surface area contributed by atoms with Gasteiger partial charge in [-0.15, -0.1) is 0 Å². The van der Waals surface area contributed by atoms with Gasteiger partial charge in [0.15, 0.2) is 22.3 Å². The highest BCUT2D eigenvalue weighted by Crippen LogP contribution is 2.68. The Balaban J connectivity index is 1.20. The number of amides is 1. The molecule has 1 saturated carbocycles. The van der Waals surface area contributed by atoms with Gasteiger partial charge in [0.2, 0.25) is 15.9 Å². The van der Waals surface area contributed by atoms with Gasteiger partial charge < -0.3 is 15.5 Å². The fourth-order valence-electron chi connectivity index (χ4n) is 8.54. The van der Waals surface area contributed by atoms with Gasteiger partial charge in [-0.05, 0) is 55.5 Å². The van der Waals surface area contributed by atoms with E-state index in [2.05, 4.69) is 30.5 Å². The zero-order valence-electron chi connectivity index (χ0n) is 31.9. The van der Waals surface area contributed by atoms with Gasteiger partial charge in [0.05, 0.1) is 28.2 Å². The van der Waals surface area contributed by atoms with Crippen LogP contribution in [0.2, 0.25) is 0 Å². The molecule has 60 heavy (non-hydrogen) atoms. The molecule has 2 aromatic carbocycles. The molecule has 0 unspecified atom stereocenters. The van der Waals surface area contributed by atoms with E-state index in [9.17, 15) is 35.2 Å². The van der Waals surface area contributed by atoms with E-state index >= 15 is 8.78 Å². The zero-order valence-corrected chi connectivity index (χ0v) is 33.5. The minimum atomic E-state index is -5.06. The molecule has 2 fully saturated rings. The topological polar surface area (TPSA) is 152 Å². The number of carbonyl (C=O) groups is 1. The van der Waals surface area contributed by atoms with E-state index in [4.69, 9.17) is 9.97 Å². The molecule has 0 spiro atoms. The van der Waals surface area contributed by atoms with Crippen LogP contribution in [0.15, 0.2) is 42.5 Å². The lowest BCUT2D eigenvalue weighted by molar-refractivity contribution is -0.142. The molecule has 4 aromatic heterocycles. The Bertz CT molecular complexity index is 2820. The van der Waals surface area contributed by atoms with Crippen LogP contribution in [0.3, 0.4) is 0 Å². The normalized spacial score (nSPS) is 20.4. The number of anilines is 2. The minimum absolute atomic E-state index is 0.0276. The molecule has 316 valence electrons. The number of nitrogens with one attached hydrogen (secondary N) is 3. The summed E-state index contributed by atoms with van der Waals surface area (Å²) in [5.74, 6) is -8.88. The SMILES string of the molecule is C[C@H]1CN(c2nc3nc([C@H](Cc4cc(F)cc(F)c4)NC(=O)Cn4nc(C(F)(F)F)c5c4C(F)(F)[C@@H]4C[C@H]54)c(-c4cccc5c(NS(C)(=O)=O)nn(C)c45)cc3s2)CCN1. The van der Waals surface area contributed by atoms with E-state index in [1.54, 1.807) is 31.3 Å². The third kappa shape index (κ3) is 7.20. The Kier molecular flexibility index (Phi) is 9.43. The van der Waals surface area contributed by atoms with Crippen LogP contribution in [0.1, 0.15) is 53.5 Å². The maximum Gasteiger partial charge on any atom is 0.435 e. The maximum atomic E-state index is 15.5. The van der Waals surface area contributed by atoms with Crippen molar-refractivity contribution in [3.05, 3.63) is 82.3 Å². The Hall–Kier alpha value is -5.35. The van der Waals surface area contributed by atoms with Crippen molar-refractivity contribution in [3.63, 3.8) is 0 Å². The van der Waals surface area contributed by atoms with Crippen molar-refractivity contribution in [2.75, 3.05) is 35.5 Å². The molecule has 13 nitrogen and oxygen atoms in total. The molecular formula is C38H35F7N10O3S2. The molecule has 22 heteroatoms.